The number of ether oxygens (including phenoxy) is 2. The Balaban J connectivity index is 2.17. The highest BCUT2D eigenvalue weighted by molar-refractivity contribution is 5.46. The Morgan fingerprint density at radius 3 is 2.71 bits per heavy atom. The third-order valence-corrected chi connectivity index (χ3v) is 3.03. The molecule has 0 fully saturated rings. The van der Waals surface area contributed by atoms with E-state index in [4.69, 9.17) is 9.47 Å². The second kappa shape index (κ2) is 8.27. The van der Waals surface area contributed by atoms with Crippen LogP contribution < -0.4 is 14.8 Å². The predicted molar refractivity (Wildman–Crippen MR) is 83.6 cm³/mol. The number of pyridine rings is 1. The van der Waals surface area contributed by atoms with E-state index in [1.165, 1.54) is 0 Å². The summed E-state index contributed by atoms with van der Waals surface area (Å²) in [7, 11) is 0. The maximum Gasteiger partial charge on any atom is 0.166 e. The number of benzene rings is 1. The Labute approximate surface area is 126 Å². The fourth-order valence-electron chi connectivity index (χ4n) is 2.03. The monoisotopic (exact) mass is 286 g/mol. The molecule has 0 unspecified atom stereocenters. The number of nitrogens with one attached hydrogen (secondary N) is 1. The summed E-state index contributed by atoms with van der Waals surface area (Å²) in [5.41, 5.74) is 2.14. The van der Waals surface area contributed by atoms with Crippen LogP contribution in [0.5, 0.6) is 11.5 Å². The lowest BCUT2D eigenvalue weighted by Crippen LogP contribution is -2.13. The molecule has 0 amide bonds. The summed E-state index contributed by atoms with van der Waals surface area (Å²) in [6.45, 7) is 6.84. The number of aromatic nitrogens is 1. The summed E-state index contributed by atoms with van der Waals surface area (Å²) in [5.74, 6) is 1.60. The minimum atomic E-state index is 0.483. The minimum Gasteiger partial charge on any atom is -0.490 e. The van der Waals surface area contributed by atoms with E-state index in [0.29, 0.717) is 13.2 Å². The van der Waals surface area contributed by atoms with Crippen LogP contribution in [0.3, 0.4) is 0 Å². The molecule has 0 bridgehead atoms. The summed E-state index contributed by atoms with van der Waals surface area (Å²) in [6.07, 6.45) is 3.57. The van der Waals surface area contributed by atoms with Gasteiger partial charge in [-0.3, -0.25) is 4.98 Å². The topological polar surface area (TPSA) is 43.4 Å². The fourth-order valence-corrected chi connectivity index (χ4v) is 2.03. The number of rotatable bonds is 8. The summed E-state index contributed by atoms with van der Waals surface area (Å²) >= 11 is 0. The zero-order valence-corrected chi connectivity index (χ0v) is 12.6. The van der Waals surface area contributed by atoms with Crippen LogP contribution in [0, 0.1) is 0 Å². The molecule has 1 N–H and O–H groups in total. The van der Waals surface area contributed by atoms with Gasteiger partial charge in [-0.15, -0.1) is 0 Å². The van der Waals surface area contributed by atoms with Gasteiger partial charge in [0.15, 0.2) is 11.5 Å². The molecular formula is C17H22N2O2. The van der Waals surface area contributed by atoms with E-state index in [0.717, 1.165) is 35.7 Å². The molecule has 2 aromatic rings. The van der Waals surface area contributed by atoms with Crippen molar-refractivity contribution in [3.63, 3.8) is 0 Å². The molecule has 1 heterocycles. The molecule has 21 heavy (non-hydrogen) atoms. The zero-order chi connectivity index (χ0) is 14.9. The van der Waals surface area contributed by atoms with E-state index in [2.05, 4.69) is 23.3 Å². The van der Waals surface area contributed by atoms with Crippen molar-refractivity contribution in [3.8, 4) is 11.5 Å². The third kappa shape index (κ3) is 4.46. The van der Waals surface area contributed by atoms with Gasteiger partial charge in [-0.05, 0) is 25.6 Å². The number of hydrogen-bond donors (Lipinski definition) is 1. The summed E-state index contributed by atoms with van der Waals surface area (Å²) in [4.78, 5) is 4.10. The fraction of sp³-hybridized carbons (Fsp3) is 0.353. The first-order valence-electron chi connectivity index (χ1n) is 7.32. The van der Waals surface area contributed by atoms with Gasteiger partial charge in [-0.25, -0.2) is 0 Å². The van der Waals surface area contributed by atoms with E-state index in [1.807, 2.05) is 37.4 Å². The van der Waals surface area contributed by atoms with Crippen LogP contribution in [0.2, 0.25) is 0 Å². The summed E-state index contributed by atoms with van der Waals surface area (Å²) in [6, 6.07) is 9.91. The van der Waals surface area contributed by atoms with E-state index in [-0.39, 0.29) is 0 Å². The van der Waals surface area contributed by atoms with Gasteiger partial charge < -0.3 is 14.8 Å². The highest BCUT2D eigenvalue weighted by Crippen LogP contribution is 2.32. The lowest BCUT2D eigenvalue weighted by molar-refractivity contribution is 0.266. The Morgan fingerprint density at radius 1 is 1.10 bits per heavy atom. The first-order chi connectivity index (χ1) is 10.3. The molecule has 0 aliphatic carbocycles. The molecule has 4 heteroatoms. The highest BCUT2D eigenvalue weighted by Gasteiger charge is 2.11. The quantitative estimate of drug-likeness (QED) is 0.809. The lowest BCUT2D eigenvalue weighted by atomic mass is 10.2. The van der Waals surface area contributed by atoms with Crippen molar-refractivity contribution in [1.82, 2.24) is 10.3 Å². The predicted octanol–water partition coefficient (Wildman–Crippen LogP) is 3.17. The zero-order valence-electron chi connectivity index (χ0n) is 12.6. The van der Waals surface area contributed by atoms with Crippen molar-refractivity contribution in [1.29, 1.82) is 0 Å². The number of para-hydroxylation sites is 1. The van der Waals surface area contributed by atoms with Crippen molar-refractivity contribution in [2.45, 2.75) is 27.0 Å². The summed E-state index contributed by atoms with van der Waals surface area (Å²) < 4.78 is 11.7. The molecule has 0 saturated carbocycles. The SMILES string of the molecule is CCNCc1cccc(OCC)c1OCc1cccnc1. The number of nitrogens with zero attached hydrogens (tertiary/aromatic N) is 1. The molecule has 0 atom stereocenters. The maximum atomic E-state index is 6.00. The van der Waals surface area contributed by atoms with E-state index < -0.39 is 0 Å². The van der Waals surface area contributed by atoms with Gasteiger partial charge in [0.25, 0.3) is 0 Å². The Hall–Kier alpha value is -2.07. The van der Waals surface area contributed by atoms with Crippen LogP contribution >= 0.6 is 0 Å². The van der Waals surface area contributed by atoms with Gasteiger partial charge in [0.05, 0.1) is 6.61 Å². The Morgan fingerprint density at radius 2 is 2.00 bits per heavy atom. The standard InChI is InChI=1S/C17H22N2O2/c1-3-18-12-15-8-5-9-16(20-4-2)17(15)21-13-14-7-6-10-19-11-14/h5-11,18H,3-4,12-13H2,1-2H3. The highest BCUT2D eigenvalue weighted by atomic mass is 16.5. The average Bonchev–Trinajstić information content (AvgIpc) is 2.53. The normalized spacial score (nSPS) is 10.4. The third-order valence-electron chi connectivity index (χ3n) is 3.03. The molecule has 4 nitrogen and oxygen atoms in total. The van der Waals surface area contributed by atoms with Gasteiger partial charge in [-0.2, -0.15) is 0 Å². The molecule has 0 spiro atoms. The van der Waals surface area contributed by atoms with Gasteiger partial charge in [0.1, 0.15) is 6.61 Å². The van der Waals surface area contributed by atoms with Crippen LogP contribution in [-0.2, 0) is 13.2 Å². The molecule has 1 aromatic carbocycles. The molecule has 1 aromatic heterocycles. The number of hydrogen-bond acceptors (Lipinski definition) is 4. The van der Waals surface area contributed by atoms with E-state index >= 15 is 0 Å². The molecule has 112 valence electrons. The van der Waals surface area contributed by atoms with Crippen LogP contribution in [0.1, 0.15) is 25.0 Å². The van der Waals surface area contributed by atoms with Gasteiger partial charge in [-0.1, -0.05) is 25.1 Å². The van der Waals surface area contributed by atoms with Crippen molar-refractivity contribution in [2.24, 2.45) is 0 Å². The molecule has 0 radical (unpaired) electrons. The minimum absolute atomic E-state index is 0.483. The Bertz CT molecular complexity index is 544. The van der Waals surface area contributed by atoms with Crippen molar-refractivity contribution < 1.29 is 9.47 Å². The second-order valence-electron chi connectivity index (χ2n) is 4.61. The van der Waals surface area contributed by atoms with E-state index in [9.17, 15) is 0 Å². The van der Waals surface area contributed by atoms with Gasteiger partial charge >= 0.3 is 0 Å². The van der Waals surface area contributed by atoms with Gasteiger partial charge in [0.2, 0.25) is 0 Å². The van der Waals surface area contributed by atoms with Crippen molar-refractivity contribution in [2.75, 3.05) is 13.2 Å². The average molecular weight is 286 g/mol. The molecule has 0 aliphatic heterocycles. The summed E-state index contributed by atoms with van der Waals surface area (Å²) in [5, 5.41) is 3.32. The maximum absolute atomic E-state index is 6.00. The first kappa shape index (κ1) is 15.3. The van der Waals surface area contributed by atoms with Crippen molar-refractivity contribution in [3.05, 3.63) is 53.9 Å². The second-order valence-corrected chi connectivity index (χ2v) is 4.61. The van der Waals surface area contributed by atoms with Crippen LogP contribution in [0.15, 0.2) is 42.7 Å². The molecule has 2 rings (SSSR count). The molecular weight excluding hydrogens is 264 g/mol. The smallest absolute Gasteiger partial charge is 0.166 e. The van der Waals surface area contributed by atoms with Crippen LogP contribution in [0.25, 0.3) is 0 Å². The largest absolute Gasteiger partial charge is 0.490 e. The van der Waals surface area contributed by atoms with Crippen LogP contribution in [0.4, 0.5) is 0 Å². The molecule has 0 aliphatic rings. The van der Waals surface area contributed by atoms with Crippen molar-refractivity contribution >= 4 is 0 Å². The Kier molecular flexibility index (Phi) is 6.03. The lowest BCUT2D eigenvalue weighted by Gasteiger charge is -2.16. The van der Waals surface area contributed by atoms with Gasteiger partial charge in [0, 0.05) is 30.1 Å². The van der Waals surface area contributed by atoms with E-state index in [1.54, 1.807) is 6.20 Å². The molecule has 0 saturated heterocycles. The van der Waals surface area contributed by atoms with Crippen LogP contribution in [-0.4, -0.2) is 18.1 Å². The first-order valence-corrected chi connectivity index (χ1v) is 7.32.